The summed E-state index contributed by atoms with van der Waals surface area (Å²) in [5, 5.41) is 8.94. The van der Waals surface area contributed by atoms with Gasteiger partial charge in [0, 0.05) is 0 Å². The summed E-state index contributed by atoms with van der Waals surface area (Å²) in [6.07, 6.45) is 6.26. The summed E-state index contributed by atoms with van der Waals surface area (Å²) in [6, 6.07) is 0. The highest BCUT2D eigenvalue weighted by atomic mass is 16.5. The highest BCUT2D eigenvalue weighted by molar-refractivity contribution is 5.16. The number of aliphatic hydroxyl groups excluding tert-OH is 1. The van der Waals surface area contributed by atoms with Crippen molar-refractivity contribution in [3.63, 3.8) is 0 Å². The number of methoxy groups -OCH3 is 1. The van der Waals surface area contributed by atoms with E-state index in [0.29, 0.717) is 5.76 Å². The number of ether oxygens (including phenoxy) is 1. The number of allylic oxidation sites excluding steroid dienone is 3. The van der Waals surface area contributed by atoms with Crippen LogP contribution in [0.15, 0.2) is 36.6 Å². The second-order valence-corrected chi connectivity index (χ2v) is 2.11. The first-order valence-corrected chi connectivity index (χ1v) is 3.43. The molecule has 0 radical (unpaired) electrons. The fourth-order valence-corrected chi connectivity index (χ4v) is 0.592. The molecule has 2 nitrogen and oxygen atoms in total. The van der Waals surface area contributed by atoms with Crippen molar-refractivity contribution < 1.29 is 9.84 Å². The molecule has 0 fully saturated rings. The summed E-state index contributed by atoms with van der Waals surface area (Å²) in [7, 11) is 1.56. The Balaban J connectivity index is 4.15. The van der Waals surface area contributed by atoms with Gasteiger partial charge in [0.25, 0.3) is 0 Å². The van der Waals surface area contributed by atoms with Crippen molar-refractivity contribution in [3.05, 3.63) is 36.6 Å². The van der Waals surface area contributed by atoms with Crippen LogP contribution in [-0.2, 0) is 4.74 Å². The van der Waals surface area contributed by atoms with E-state index < -0.39 is 6.10 Å². The summed E-state index contributed by atoms with van der Waals surface area (Å²) < 4.78 is 4.93. The lowest BCUT2D eigenvalue weighted by molar-refractivity contribution is 0.231. The normalized spacial score (nSPS) is 15.0. The molecule has 0 aliphatic rings. The van der Waals surface area contributed by atoms with Crippen LogP contribution in [0.1, 0.15) is 6.92 Å². The summed E-state index contributed by atoms with van der Waals surface area (Å²) in [4.78, 5) is 0. The van der Waals surface area contributed by atoms with Crippen LogP contribution in [0.3, 0.4) is 0 Å². The zero-order valence-electron chi connectivity index (χ0n) is 6.95. The molecule has 0 aliphatic heterocycles. The van der Waals surface area contributed by atoms with Gasteiger partial charge in [0.05, 0.1) is 13.2 Å². The molecule has 1 unspecified atom stereocenters. The van der Waals surface area contributed by atoms with E-state index in [2.05, 4.69) is 6.58 Å². The van der Waals surface area contributed by atoms with Crippen molar-refractivity contribution in [2.75, 3.05) is 7.11 Å². The van der Waals surface area contributed by atoms with Crippen LogP contribution < -0.4 is 0 Å². The molecule has 1 N–H and O–H groups in total. The molecule has 0 aromatic rings. The smallest absolute Gasteiger partial charge is 0.117 e. The number of rotatable bonds is 4. The van der Waals surface area contributed by atoms with Gasteiger partial charge in [-0.25, -0.2) is 0 Å². The second kappa shape index (κ2) is 5.74. The monoisotopic (exact) mass is 154 g/mol. The molecule has 0 aromatic carbocycles. The topological polar surface area (TPSA) is 29.5 Å². The van der Waals surface area contributed by atoms with Crippen LogP contribution in [-0.4, -0.2) is 18.3 Å². The Kier molecular flexibility index (Phi) is 5.21. The summed E-state index contributed by atoms with van der Waals surface area (Å²) in [5.41, 5.74) is 0. The Labute approximate surface area is 67.5 Å². The van der Waals surface area contributed by atoms with Crippen molar-refractivity contribution in [2.24, 2.45) is 0 Å². The molecule has 0 saturated heterocycles. The molecule has 0 amide bonds. The number of aliphatic hydroxyl groups is 1. The molecule has 0 aromatic heterocycles. The number of hydrogen-bond donors (Lipinski definition) is 1. The lowest BCUT2D eigenvalue weighted by atomic mass is 10.3. The van der Waals surface area contributed by atoms with Gasteiger partial charge in [0.2, 0.25) is 0 Å². The van der Waals surface area contributed by atoms with Crippen LogP contribution in [0, 0.1) is 0 Å². The largest absolute Gasteiger partial charge is 0.497 e. The first kappa shape index (κ1) is 9.98. The van der Waals surface area contributed by atoms with Crippen molar-refractivity contribution in [2.45, 2.75) is 13.0 Å². The Morgan fingerprint density at radius 3 is 2.64 bits per heavy atom. The van der Waals surface area contributed by atoms with E-state index >= 15 is 0 Å². The molecule has 0 saturated carbocycles. The molecule has 0 spiro atoms. The van der Waals surface area contributed by atoms with E-state index in [1.54, 1.807) is 38.3 Å². The Morgan fingerprint density at radius 1 is 1.64 bits per heavy atom. The van der Waals surface area contributed by atoms with Crippen LogP contribution in [0.25, 0.3) is 0 Å². The molecule has 1 atom stereocenters. The van der Waals surface area contributed by atoms with E-state index in [1.807, 2.05) is 0 Å². The van der Waals surface area contributed by atoms with Gasteiger partial charge < -0.3 is 9.84 Å². The fourth-order valence-electron chi connectivity index (χ4n) is 0.592. The molecule has 0 rings (SSSR count). The average Bonchev–Trinajstić information content (AvgIpc) is 1.97. The lowest BCUT2D eigenvalue weighted by Crippen LogP contribution is -1.95. The Bertz CT molecular complexity index is 166. The average molecular weight is 154 g/mol. The van der Waals surface area contributed by atoms with E-state index in [-0.39, 0.29) is 0 Å². The van der Waals surface area contributed by atoms with Crippen molar-refractivity contribution in [3.8, 4) is 0 Å². The van der Waals surface area contributed by atoms with Gasteiger partial charge in [-0.05, 0) is 19.1 Å². The van der Waals surface area contributed by atoms with Gasteiger partial charge in [-0.2, -0.15) is 0 Å². The van der Waals surface area contributed by atoms with E-state index in [0.717, 1.165) is 0 Å². The summed E-state index contributed by atoms with van der Waals surface area (Å²) in [5.74, 6) is 0.639. The highest BCUT2D eigenvalue weighted by Gasteiger charge is 1.92. The molecular weight excluding hydrogens is 140 g/mol. The molecule has 11 heavy (non-hydrogen) atoms. The van der Waals surface area contributed by atoms with Crippen molar-refractivity contribution >= 4 is 0 Å². The quantitative estimate of drug-likeness (QED) is 0.492. The summed E-state index contributed by atoms with van der Waals surface area (Å²) >= 11 is 0. The standard InChI is InChI=1S/C9H14O2/c1-4-5-6-9(11-3)7-8(2)10/h4-8,10H,1H2,2-3H3/b6-5-,9-7+. The maximum absolute atomic E-state index is 8.94. The maximum Gasteiger partial charge on any atom is 0.117 e. The van der Waals surface area contributed by atoms with Crippen molar-refractivity contribution in [1.29, 1.82) is 0 Å². The zero-order chi connectivity index (χ0) is 8.69. The van der Waals surface area contributed by atoms with Crippen LogP contribution in [0.2, 0.25) is 0 Å². The van der Waals surface area contributed by atoms with E-state index in [9.17, 15) is 0 Å². The van der Waals surface area contributed by atoms with Gasteiger partial charge in [0.1, 0.15) is 5.76 Å². The lowest BCUT2D eigenvalue weighted by Gasteiger charge is -2.00. The summed E-state index contributed by atoms with van der Waals surface area (Å²) in [6.45, 7) is 5.18. The molecule has 2 heteroatoms. The highest BCUT2D eigenvalue weighted by Crippen LogP contribution is 1.99. The van der Waals surface area contributed by atoms with Gasteiger partial charge in [-0.15, -0.1) is 0 Å². The minimum atomic E-state index is -0.487. The van der Waals surface area contributed by atoms with Gasteiger partial charge in [-0.1, -0.05) is 18.7 Å². The third-order valence-corrected chi connectivity index (χ3v) is 1.04. The minimum Gasteiger partial charge on any atom is -0.497 e. The maximum atomic E-state index is 8.94. The minimum absolute atomic E-state index is 0.487. The Hall–Kier alpha value is -1.02. The van der Waals surface area contributed by atoms with Crippen LogP contribution >= 0.6 is 0 Å². The fraction of sp³-hybridized carbons (Fsp3) is 0.333. The zero-order valence-corrected chi connectivity index (χ0v) is 6.95. The van der Waals surface area contributed by atoms with E-state index in [1.165, 1.54) is 0 Å². The van der Waals surface area contributed by atoms with Crippen molar-refractivity contribution in [1.82, 2.24) is 0 Å². The van der Waals surface area contributed by atoms with Gasteiger partial charge in [-0.3, -0.25) is 0 Å². The van der Waals surface area contributed by atoms with Crippen LogP contribution in [0.4, 0.5) is 0 Å². The SMILES string of the molecule is C=C/C=C\C(=C/C(C)O)OC. The number of hydrogen-bond acceptors (Lipinski definition) is 2. The van der Waals surface area contributed by atoms with Gasteiger partial charge >= 0.3 is 0 Å². The third-order valence-electron chi connectivity index (χ3n) is 1.04. The Morgan fingerprint density at radius 2 is 2.27 bits per heavy atom. The molecule has 0 heterocycles. The molecular formula is C9H14O2. The third kappa shape index (κ3) is 5.43. The molecule has 0 bridgehead atoms. The predicted molar refractivity (Wildman–Crippen MR) is 46.1 cm³/mol. The predicted octanol–water partition coefficient (Wildman–Crippen LogP) is 1.64. The second-order valence-electron chi connectivity index (χ2n) is 2.11. The van der Waals surface area contributed by atoms with Gasteiger partial charge in [0.15, 0.2) is 0 Å². The first-order valence-electron chi connectivity index (χ1n) is 3.43. The first-order chi connectivity index (χ1) is 5.20. The molecule has 0 aliphatic carbocycles. The van der Waals surface area contributed by atoms with E-state index in [4.69, 9.17) is 9.84 Å². The molecule has 62 valence electrons. The van der Waals surface area contributed by atoms with Crippen LogP contribution in [0.5, 0.6) is 0 Å².